The van der Waals surface area contributed by atoms with Crippen molar-refractivity contribution in [3.05, 3.63) is 0 Å². The number of quaternary nitrogens is 1. The Morgan fingerprint density at radius 1 is 1.22 bits per heavy atom. The number of carbonyl (C=O) groups excluding carboxylic acids is 2. The highest BCUT2D eigenvalue weighted by Gasteiger charge is 2.32. The Hall–Kier alpha value is -1.10. The van der Waals surface area contributed by atoms with E-state index in [1.165, 1.54) is 12.8 Å². The Bertz CT molecular complexity index is 417. The van der Waals surface area contributed by atoms with Gasteiger partial charge >= 0.3 is 0 Å². The van der Waals surface area contributed by atoms with Gasteiger partial charge < -0.3 is 15.5 Å². The lowest BCUT2D eigenvalue weighted by molar-refractivity contribution is -0.886. The van der Waals surface area contributed by atoms with E-state index in [1.54, 1.807) is 0 Å². The first-order valence-corrected chi connectivity index (χ1v) is 8.95. The Morgan fingerprint density at radius 2 is 1.83 bits per heavy atom. The quantitative estimate of drug-likeness (QED) is 0.698. The molecule has 1 rings (SSSR count). The monoisotopic (exact) mass is 326 g/mol. The van der Waals surface area contributed by atoms with Crippen molar-refractivity contribution in [2.45, 2.75) is 78.4 Å². The van der Waals surface area contributed by atoms with Crippen molar-refractivity contribution in [2.75, 3.05) is 13.6 Å². The molecule has 1 aliphatic rings. The molecule has 3 N–H and O–H groups in total. The van der Waals surface area contributed by atoms with Crippen molar-refractivity contribution in [1.82, 2.24) is 10.6 Å². The van der Waals surface area contributed by atoms with E-state index in [0.29, 0.717) is 18.4 Å². The molecule has 1 unspecified atom stereocenters. The lowest BCUT2D eigenvalue weighted by atomic mass is 9.78. The van der Waals surface area contributed by atoms with Crippen LogP contribution in [-0.4, -0.2) is 43.0 Å². The molecule has 0 aromatic heterocycles. The fourth-order valence-corrected chi connectivity index (χ4v) is 3.19. The predicted octanol–water partition coefficient (Wildman–Crippen LogP) is 0.745. The molecule has 2 amide bonds. The molecule has 0 radical (unpaired) electrons. The Balaban J connectivity index is 2.50. The number of amides is 2. The van der Waals surface area contributed by atoms with Gasteiger partial charge in [-0.1, -0.05) is 26.7 Å². The number of hydrogen-bond donors (Lipinski definition) is 3. The summed E-state index contributed by atoms with van der Waals surface area (Å²) in [5.41, 5.74) is -0.240. The van der Waals surface area contributed by atoms with Gasteiger partial charge in [0.05, 0.1) is 7.05 Å². The molecule has 0 aromatic carbocycles. The molecule has 0 saturated heterocycles. The van der Waals surface area contributed by atoms with Crippen LogP contribution in [0.25, 0.3) is 0 Å². The third kappa shape index (κ3) is 6.50. The van der Waals surface area contributed by atoms with Crippen LogP contribution < -0.4 is 15.5 Å². The molecule has 1 aliphatic carbocycles. The fraction of sp³-hybridized carbons (Fsp3) is 0.889. The largest absolute Gasteiger partial charge is 0.348 e. The number of likely N-dealkylation sites (N-methyl/N-ethyl adjacent to an activating group) is 1. The fourth-order valence-electron chi connectivity index (χ4n) is 3.19. The Kier molecular flexibility index (Phi) is 7.05. The second-order valence-corrected chi connectivity index (χ2v) is 8.43. The molecular formula is C18H36N3O2+. The summed E-state index contributed by atoms with van der Waals surface area (Å²) in [4.78, 5) is 25.4. The van der Waals surface area contributed by atoms with E-state index in [1.807, 2.05) is 34.7 Å². The third-order valence-corrected chi connectivity index (χ3v) is 5.12. The van der Waals surface area contributed by atoms with Crippen LogP contribution in [0.3, 0.4) is 0 Å². The lowest BCUT2D eigenvalue weighted by Crippen LogP contribution is -3.15. The first kappa shape index (κ1) is 19.9. The van der Waals surface area contributed by atoms with Gasteiger partial charge in [-0.3, -0.25) is 9.59 Å². The molecule has 23 heavy (non-hydrogen) atoms. The van der Waals surface area contributed by atoms with Crippen molar-refractivity contribution in [1.29, 1.82) is 0 Å². The van der Waals surface area contributed by atoms with Crippen LogP contribution in [0.4, 0.5) is 0 Å². The maximum absolute atomic E-state index is 12.5. The highest BCUT2D eigenvalue weighted by molar-refractivity contribution is 5.81. The molecule has 5 nitrogen and oxygen atoms in total. The van der Waals surface area contributed by atoms with Crippen LogP contribution in [0.1, 0.15) is 60.8 Å². The van der Waals surface area contributed by atoms with Crippen molar-refractivity contribution in [3.8, 4) is 0 Å². The number of nitrogens with one attached hydrogen (secondary N) is 3. The summed E-state index contributed by atoms with van der Waals surface area (Å²) in [6.07, 6.45) is 3.50. The summed E-state index contributed by atoms with van der Waals surface area (Å²) in [7, 11) is 1.90. The number of hydrogen-bond acceptors (Lipinski definition) is 2. The zero-order valence-electron chi connectivity index (χ0n) is 16.0. The SMILES string of the molecule is C[C@@H]1[C@@H](C)CCC[C@H]1NC(=O)[C@@H](C)[NH+](C)CC(=O)NC(C)(C)C. The smallest absolute Gasteiger partial charge is 0.278 e. The van der Waals surface area contributed by atoms with Gasteiger partial charge in [-0.15, -0.1) is 0 Å². The minimum Gasteiger partial charge on any atom is -0.348 e. The molecule has 0 spiro atoms. The molecule has 1 fully saturated rings. The second-order valence-electron chi connectivity index (χ2n) is 8.43. The minimum atomic E-state index is -0.240. The van der Waals surface area contributed by atoms with Crippen LogP contribution in [0, 0.1) is 11.8 Å². The highest BCUT2D eigenvalue weighted by atomic mass is 16.2. The lowest BCUT2D eigenvalue weighted by Gasteiger charge is -2.35. The second kappa shape index (κ2) is 8.13. The van der Waals surface area contributed by atoms with Gasteiger partial charge in [-0.25, -0.2) is 0 Å². The van der Waals surface area contributed by atoms with Crippen molar-refractivity contribution < 1.29 is 14.5 Å². The van der Waals surface area contributed by atoms with Gasteiger partial charge in [0, 0.05) is 11.6 Å². The number of carbonyl (C=O) groups is 2. The molecule has 5 heteroatoms. The predicted molar refractivity (Wildman–Crippen MR) is 93.2 cm³/mol. The normalized spacial score (nSPS) is 27.9. The van der Waals surface area contributed by atoms with Gasteiger partial charge in [-0.2, -0.15) is 0 Å². The maximum Gasteiger partial charge on any atom is 0.278 e. The van der Waals surface area contributed by atoms with Crippen LogP contribution >= 0.6 is 0 Å². The Morgan fingerprint density at radius 3 is 2.39 bits per heavy atom. The molecule has 5 atom stereocenters. The van der Waals surface area contributed by atoms with Gasteiger partial charge in [0.25, 0.3) is 11.8 Å². The Labute approximate surface area is 141 Å². The molecule has 0 bridgehead atoms. The molecule has 0 aromatic rings. The van der Waals surface area contributed by atoms with Crippen molar-refractivity contribution in [2.24, 2.45) is 11.8 Å². The van der Waals surface area contributed by atoms with E-state index >= 15 is 0 Å². The van der Waals surface area contributed by atoms with Crippen LogP contribution in [0.2, 0.25) is 0 Å². The zero-order valence-corrected chi connectivity index (χ0v) is 16.0. The summed E-state index contributed by atoms with van der Waals surface area (Å²) in [6, 6.07) is 0.0371. The van der Waals surface area contributed by atoms with E-state index in [0.717, 1.165) is 11.3 Å². The third-order valence-electron chi connectivity index (χ3n) is 5.12. The molecule has 1 saturated carbocycles. The minimum absolute atomic E-state index is 0.0192. The first-order chi connectivity index (χ1) is 10.5. The summed E-state index contributed by atoms with van der Waals surface area (Å²) >= 11 is 0. The summed E-state index contributed by atoms with van der Waals surface area (Å²) in [5, 5.41) is 6.16. The maximum atomic E-state index is 12.5. The number of rotatable bonds is 5. The van der Waals surface area contributed by atoms with Gasteiger partial charge in [0.2, 0.25) is 0 Å². The van der Waals surface area contributed by atoms with Crippen LogP contribution in [0.15, 0.2) is 0 Å². The molecule has 0 aliphatic heterocycles. The highest BCUT2D eigenvalue weighted by Crippen LogP contribution is 2.29. The van der Waals surface area contributed by atoms with Crippen molar-refractivity contribution in [3.63, 3.8) is 0 Å². The van der Waals surface area contributed by atoms with E-state index in [4.69, 9.17) is 0 Å². The van der Waals surface area contributed by atoms with E-state index < -0.39 is 0 Å². The van der Waals surface area contributed by atoms with E-state index in [2.05, 4.69) is 24.5 Å². The van der Waals surface area contributed by atoms with E-state index in [9.17, 15) is 9.59 Å². The van der Waals surface area contributed by atoms with Crippen LogP contribution in [-0.2, 0) is 9.59 Å². The topological polar surface area (TPSA) is 62.6 Å². The first-order valence-electron chi connectivity index (χ1n) is 8.95. The summed E-state index contributed by atoms with van der Waals surface area (Å²) < 4.78 is 0. The van der Waals surface area contributed by atoms with Crippen molar-refractivity contribution >= 4 is 11.8 Å². The molecule has 134 valence electrons. The average Bonchev–Trinajstić information content (AvgIpc) is 2.40. The van der Waals surface area contributed by atoms with Gasteiger partial charge in [0.15, 0.2) is 12.6 Å². The summed E-state index contributed by atoms with van der Waals surface area (Å²) in [5.74, 6) is 1.21. The summed E-state index contributed by atoms with van der Waals surface area (Å²) in [6.45, 7) is 12.6. The average molecular weight is 327 g/mol. The van der Waals surface area contributed by atoms with Gasteiger partial charge in [-0.05, 0) is 46.0 Å². The zero-order chi connectivity index (χ0) is 17.8. The standard InChI is InChI=1S/C18H35N3O2/c1-12-9-8-10-15(13(12)2)19-17(23)14(3)21(7)11-16(22)20-18(4,5)6/h12-15H,8-11H2,1-7H3,(H,19,23)(H,20,22)/p+1/t12-,13+,14+,15+/m0/s1. The molecular weight excluding hydrogens is 290 g/mol. The van der Waals surface area contributed by atoms with E-state index in [-0.39, 0.29) is 29.4 Å². The molecule has 0 heterocycles. The van der Waals surface area contributed by atoms with Gasteiger partial charge in [0.1, 0.15) is 0 Å². The van der Waals surface area contributed by atoms with Crippen LogP contribution in [0.5, 0.6) is 0 Å².